The number of nitrogen functional groups attached to an aromatic ring is 1. The number of hydrogen-bond acceptors (Lipinski definition) is 1. The van der Waals surface area contributed by atoms with E-state index in [0.29, 0.717) is 0 Å². The Balaban J connectivity index is 2.09. The number of halogens is 1. The summed E-state index contributed by atoms with van der Waals surface area (Å²) in [4.78, 5) is 0. The highest BCUT2D eigenvalue weighted by molar-refractivity contribution is 5.46. The molecular weight excluding hydrogens is 225 g/mol. The van der Waals surface area contributed by atoms with E-state index in [1.165, 1.54) is 51.0 Å². The summed E-state index contributed by atoms with van der Waals surface area (Å²) in [5, 5.41) is 0. The molecule has 0 aliphatic rings. The summed E-state index contributed by atoms with van der Waals surface area (Å²) in [7, 11) is 0. The third kappa shape index (κ3) is 6.04. The van der Waals surface area contributed by atoms with E-state index < -0.39 is 0 Å². The first-order chi connectivity index (χ1) is 8.74. The molecule has 2 heteroatoms. The van der Waals surface area contributed by atoms with E-state index in [-0.39, 0.29) is 5.82 Å². The number of hydrogen-bond donors (Lipinski definition) is 1. The molecule has 1 rings (SSSR count). The molecule has 2 N–H and O–H groups in total. The predicted octanol–water partition coefficient (Wildman–Crippen LogP) is 5.09. The summed E-state index contributed by atoms with van der Waals surface area (Å²) >= 11 is 0. The Morgan fingerprint density at radius 3 is 2.22 bits per heavy atom. The van der Waals surface area contributed by atoms with E-state index in [9.17, 15) is 4.39 Å². The zero-order valence-corrected chi connectivity index (χ0v) is 11.6. The van der Waals surface area contributed by atoms with Crippen molar-refractivity contribution in [2.24, 2.45) is 0 Å². The van der Waals surface area contributed by atoms with E-state index >= 15 is 0 Å². The van der Waals surface area contributed by atoms with Crippen molar-refractivity contribution in [1.29, 1.82) is 0 Å². The van der Waals surface area contributed by atoms with Gasteiger partial charge in [-0.3, -0.25) is 0 Å². The van der Waals surface area contributed by atoms with Crippen LogP contribution in [0.15, 0.2) is 18.2 Å². The topological polar surface area (TPSA) is 26.0 Å². The second kappa shape index (κ2) is 8.96. The van der Waals surface area contributed by atoms with Crippen molar-refractivity contribution in [3.63, 3.8) is 0 Å². The van der Waals surface area contributed by atoms with Gasteiger partial charge in [0.15, 0.2) is 0 Å². The Morgan fingerprint density at radius 1 is 0.944 bits per heavy atom. The van der Waals surface area contributed by atoms with Gasteiger partial charge in [0.25, 0.3) is 0 Å². The van der Waals surface area contributed by atoms with Crippen LogP contribution in [0.3, 0.4) is 0 Å². The number of unbranched alkanes of at least 4 members (excludes halogenated alkanes) is 7. The normalized spacial score (nSPS) is 10.8. The van der Waals surface area contributed by atoms with Crippen LogP contribution in [-0.4, -0.2) is 0 Å². The van der Waals surface area contributed by atoms with Gasteiger partial charge in [-0.05, 0) is 36.6 Å². The van der Waals surface area contributed by atoms with Crippen molar-refractivity contribution in [2.75, 3.05) is 5.73 Å². The molecule has 0 atom stereocenters. The van der Waals surface area contributed by atoms with Gasteiger partial charge >= 0.3 is 0 Å². The van der Waals surface area contributed by atoms with Gasteiger partial charge in [-0.15, -0.1) is 0 Å². The quantitative estimate of drug-likeness (QED) is 0.480. The van der Waals surface area contributed by atoms with E-state index in [4.69, 9.17) is 5.73 Å². The van der Waals surface area contributed by atoms with Gasteiger partial charge in [-0.25, -0.2) is 4.39 Å². The molecule has 18 heavy (non-hydrogen) atoms. The van der Waals surface area contributed by atoms with Crippen LogP contribution in [0.4, 0.5) is 10.1 Å². The Hall–Kier alpha value is -1.05. The monoisotopic (exact) mass is 251 g/mol. The third-order valence-electron chi connectivity index (χ3n) is 3.40. The number of nitrogens with two attached hydrogens (primary N) is 1. The molecule has 0 radical (unpaired) electrons. The first-order valence-electron chi connectivity index (χ1n) is 7.28. The minimum absolute atomic E-state index is 0.182. The zero-order chi connectivity index (χ0) is 13.2. The minimum Gasteiger partial charge on any atom is -0.399 e. The van der Waals surface area contributed by atoms with Crippen LogP contribution < -0.4 is 5.73 Å². The van der Waals surface area contributed by atoms with Crippen LogP contribution in [-0.2, 0) is 6.42 Å². The van der Waals surface area contributed by atoms with Crippen molar-refractivity contribution in [1.82, 2.24) is 0 Å². The average molecular weight is 251 g/mol. The molecule has 0 heterocycles. The zero-order valence-electron chi connectivity index (χ0n) is 11.6. The molecule has 0 spiro atoms. The Labute approximate surface area is 111 Å². The van der Waals surface area contributed by atoms with Gasteiger partial charge in [-0.1, -0.05) is 51.9 Å². The summed E-state index contributed by atoms with van der Waals surface area (Å²) in [6.07, 6.45) is 11.3. The highest BCUT2D eigenvalue weighted by Crippen LogP contribution is 2.17. The van der Waals surface area contributed by atoms with Crippen molar-refractivity contribution < 1.29 is 4.39 Å². The van der Waals surface area contributed by atoms with E-state index in [1.54, 1.807) is 12.1 Å². The van der Waals surface area contributed by atoms with Crippen molar-refractivity contribution in [3.05, 3.63) is 29.6 Å². The van der Waals surface area contributed by atoms with Gasteiger partial charge in [0.1, 0.15) is 5.82 Å². The predicted molar refractivity (Wildman–Crippen MR) is 77.1 cm³/mol. The summed E-state index contributed by atoms with van der Waals surface area (Å²) in [6.45, 7) is 2.24. The number of anilines is 1. The van der Waals surface area contributed by atoms with E-state index in [1.807, 2.05) is 0 Å². The van der Waals surface area contributed by atoms with E-state index in [2.05, 4.69) is 6.92 Å². The van der Waals surface area contributed by atoms with Gasteiger partial charge in [0.2, 0.25) is 0 Å². The third-order valence-corrected chi connectivity index (χ3v) is 3.40. The number of aryl methyl sites for hydroxylation is 1. The molecular formula is C16H26FN. The lowest BCUT2D eigenvalue weighted by molar-refractivity contribution is 0.574. The summed E-state index contributed by atoms with van der Waals surface area (Å²) < 4.78 is 13.0. The second-order valence-electron chi connectivity index (χ2n) is 5.07. The summed E-state index contributed by atoms with van der Waals surface area (Å²) in [6, 6.07) is 4.65. The van der Waals surface area contributed by atoms with Crippen LogP contribution in [0.2, 0.25) is 0 Å². The molecule has 1 nitrogen and oxygen atoms in total. The van der Waals surface area contributed by atoms with Gasteiger partial charge < -0.3 is 5.73 Å². The molecule has 0 saturated heterocycles. The fourth-order valence-electron chi connectivity index (χ4n) is 2.24. The Morgan fingerprint density at radius 2 is 1.56 bits per heavy atom. The first-order valence-corrected chi connectivity index (χ1v) is 7.28. The maximum absolute atomic E-state index is 13.0. The summed E-state index contributed by atoms with van der Waals surface area (Å²) in [5.41, 5.74) is 7.50. The highest BCUT2D eigenvalue weighted by Gasteiger charge is 2.01. The largest absolute Gasteiger partial charge is 0.399 e. The highest BCUT2D eigenvalue weighted by atomic mass is 19.1. The van der Waals surface area contributed by atoms with Gasteiger partial charge in [-0.2, -0.15) is 0 Å². The van der Waals surface area contributed by atoms with E-state index in [0.717, 1.165) is 24.1 Å². The van der Waals surface area contributed by atoms with Crippen molar-refractivity contribution in [2.45, 2.75) is 64.7 Å². The maximum atomic E-state index is 13.0. The minimum atomic E-state index is -0.182. The molecule has 1 aromatic rings. The van der Waals surface area contributed by atoms with Crippen LogP contribution in [0, 0.1) is 5.82 Å². The van der Waals surface area contributed by atoms with Crippen molar-refractivity contribution >= 4 is 5.69 Å². The molecule has 0 aromatic heterocycles. The smallest absolute Gasteiger partial charge is 0.123 e. The molecule has 0 fully saturated rings. The lowest BCUT2D eigenvalue weighted by Gasteiger charge is -2.06. The molecule has 0 aliphatic heterocycles. The van der Waals surface area contributed by atoms with Crippen molar-refractivity contribution in [3.8, 4) is 0 Å². The molecule has 0 amide bonds. The Kier molecular flexibility index (Phi) is 7.47. The fourth-order valence-corrected chi connectivity index (χ4v) is 2.24. The van der Waals surface area contributed by atoms with Crippen LogP contribution in [0.25, 0.3) is 0 Å². The molecule has 1 aromatic carbocycles. The average Bonchev–Trinajstić information content (AvgIpc) is 2.36. The molecule has 0 unspecified atom stereocenters. The molecule has 0 bridgehead atoms. The standard InChI is InChI=1S/C16H26FN/c1-2-3-4-5-6-7-8-9-10-14-13-15(17)11-12-16(14)18/h11-13H,2-10,18H2,1H3. The number of benzene rings is 1. The molecule has 0 aliphatic carbocycles. The first kappa shape index (κ1) is 15.0. The second-order valence-corrected chi connectivity index (χ2v) is 5.07. The fraction of sp³-hybridized carbons (Fsp3) is 0.625. The lowest BCUT2D eigenvalue weighted by Crippen LogP contribution is -1.95. The maximum Gasteiger partial charge on any atom is 0.123 e. The van der Waals surface area contributed by atoms with Gasteiger partial charge in [0, 0.05) is 5.69 Å². The summed E-state index contributed by atoms with van der Waals surface area (Å²) in [5.74, 6) is -0.182. The van der Waals surface area contributed by atoms with Crippen LogP contribution in [0.1, 0.15) is 63.9 Å². The molecule has 0 saturated carbocycles. The lowest BCUT2D eigenvalue weighted by atomic mass is 10.0. The number of rotatable bonds is 9. The SMILES string of the molecule is CCCCCCCCCCc1cc(F)ccc1N. The van der Waals surface area contributed by atoms with Crippen LogP contribution >= 0.6 is 0 Å². The van der Waals surface area contributed by atoms with Crippen LogP contribution in [0.5, 0.6) is 0 Å². The Bertz CT molecular complexity index is 336. The molecule has 102 valence electrons. The van der Waals surface area contributed by atoms with Gasteiger partial charge in [0.05, 0.1) is 0 Å².